The van der Waals surface area contributed by atoms with Gasteiger partial charge in [0.1, 0.15) is 0 Å². The Balaban J connectivity index is 0. The van der Waals surface area contributed by atoms with E-state index in [9.17, 15) is 0 Å². The number of unbranched alkanes of at least 4 members (excludes halogenated alkanes) is 18. The largest absolute Gasteiger partial charge is 1.00 e. The first-order chi connectivity index (χ1) is 14.1. The Morgan fingerprint density at radius 2 is 0.667 bits per heavy atom. The lowest BCUT2D eigenvalue weighted by Gasteiger charge is -2.33. The summed E-state index contributed by atoms with van der Waals surface area (Å²) < 4.78 is 0. The average molecular weight is 446 g/mol. The van der Waals surface area contributed by atoms with Crippen LogP contribution >= 0.6 is 0 Å². The van der Waals surface area contributed by atoms with Gasteiger partial charge in [0.2, 0.25) is 0 Å². The average Bonchev–Trinajstić information content (AvgIpc) is 2.70. The van der Waals surface area contributed by atoms with Crippen LogP contribution in [-0.4, -0.2) is 19.6 Å². The van der Waals surface area contributed by atoms with Crippen molar-refractivity contribution in [3.8, 4) is 0 Å². The minimum Gasteiger partial charge on any atom is -1.00 e. The molecule has 0 heterocycles. The van der Waals surface area contributed by atoms with Crippen LogP contribution in [0.3, 0.4) is 0 Å². The summed E-state index contributed by atoms with van der Waals surface area (Å²) in [6.45, 7) is 7.16. The quantitative estimate of drug-likeness (QED) is 0.197. The summed E-state index contributed by atoms with van der Waals surface area (Å²) in [6, 6.07) is 0. The molecular weight excluding hydrogens is 386 g/mol. The van der Waals surface area contributed by atoms with Gasteiger partial charge in [0.05, 0.1) is 19.6 Å². The maximum absolute atomic E-state index is 2.55. The predicted octanol–water partition coefficient (Wildman–Crippen LogP) is 5.52. The van der Waals surface area contributed by atoms with Gasteiger partial charge in [-0.3, -0.25) is 0 Å². The van der Waals surface area contributed by atoms with Gasteiger partial charge < -0.3 is 17.3 Å². The van der Waals surface area contributed by atoms with E-state index >= 15 is 0 Å². The molecule has 0 aliphatic rings. The summed E-state index contributed by atoms with van der Waals surface area (Å²) in [7, 11) is 4.76. The normalized spacial score (nSPS) is 11.8. The molecule has 0 radical (unpaired) electrons. The maximum Gasteiger partial charge on any atom is 0.0944 e. The van der Waals surface area contributed by atoms with E-state index in [-0.39, 0.29) is 12.4 Å². The molecule has 0 unspecified atom stereocenters. The van der Waals surface area contributed by atoms with E-state index in [0.717, 1.165) is 0 Å². The van der Waals surface area contributed by atoms with Gasteiger partial charge in [-0.15, -0.1) is 0 Å². The summed E-state index contributed by atoms with van der Waals surface area (Å²) in [6.07, 6.45) is 31.8. The molecule has 0 spiro atoms. The fourth-order valence-corrected chi connectivity index (χ4v) is 4.63. The van der Waals surface area contributed by atoms with Gasteiger partial charge in [0.25, 0.3) is 0 Å². The third-order valence-corrected chi connectivity index (χ3v) is 7.37. The second-order valence-corrected chi connectivity index (χ2v) is 10.4. The summed E-state index contributed by atoms with van der Waals surface area (Å²) in [5.74, 6) is 0. The number of quaternary nitrogens is 1. The predicted molar refractivity (Wildman–Crippen MR) is 134 cm³/mol. The third-order valence-electron chi connectivity index (χ3n) is 7.37. The second kappa shape index (κ2) is 23.9. The van der Waals surface area contributed by atoms with Crippen molar-refractivity contribution in [3.63, 3.8) is 0 Å². The van der Waals surface area contributed by atoms with Gasteiger partial charge in [-0.05, 0) is 19.8 Å². The van der Waals surface area contributed by atoms with Crippen LogP contribution in [-0.2, 0) is 0 Å². The molecule has 0 aliphatic carbocycles. The molecule has 0 saturated heterocycles. The Bertz CT molecular complexity index is 292. The molecule has 0 rings (SSSR count). The molecule has 2 heteroatoms. The third kappa shape index (κ3) is 20.2. The zero-order valence-electron chi connectivity index (χ0n) is 21.9. The first-order valence-electron chi connectivity index (χ1n) is 13.9. The van der Waals surface area contributed by atoms with Crippen molar-refractivity contribution in [2.45, 2.75) is 168 Å². The smallest absolute Gasteiger partial charge is 0.0944 e. The highest BCUT2D eigenvalue weighted by Gasteiger charge is 2.29. The molecule has 184 valence electrons. The van der Waals surface area contributed by atoms with Crippen molar-refractivity contribution in [1.29, 1.82) is 0 Å². The molecular formula is C28H60ClN. The highest BCUT2D eigenvalue weighted by Crippen LogP contribution is 2.21. The van der Waals surface area contributed by atoms with Gasteiger partial charge in [-0.2, -0.15) is 0 Å². The minimum atomic E-state index is 0. The lowest BCUT2D eigenvalue weighted by molar-refractivity contribution is -0.914. The van der Waals surface area contributed by atoms with Crippen LogP contribution in [0.5, 0.6) is 0 Å². The summed E-state index contributed by atoms with van der Waals surface area (Å²) in [5, 5.41) is 0. The van der Waals surface area contributed by atoms with Crippen molar-refractivity contribution in [3.05, 3.63) is 0 Å². The van der Waals surface area contributed by atoms with Crippen LogP contribution in [0.1, 0.15) is 162 Å². The number of halogens is 1. The molecule has 30 heavy (non-hydrogen) atoms. The summed E-state index contributed by atoms with van der Waals surface area (Å²) in [5.41, 5.74) is 0.500. The zero-order valence-corrected chi connectivity index (χ0v) is 22.7. The van der Waals surface area contributed by atoms with Crippen molar-refractivity contribution >= 4 is 0 Å². The minimum absolute atomic E-state index is 0. The second-order valence-electron chi connectivity index (χ2n) is 10.4. The van der Waals surface area contributed by atoms with Gasteiger partial charge in [-0.1, -0.05) is 129 Å². The Labute approximate surface area is 199 Å². The van der Waals surface area contributed by atoms with E-state index in [1.54, 1.807) is 4.90 Å². The van der Waals surface area contributed by atoms with Gasteiger partial charge >= 0.3 is 0 Å². The molecule has 0 atom stereocenters. The van der Waals surface area contributed by atoms with E-state index in [1.165, 1.54) is 141 Å². The highest BCUT2D eigenvalue weighted by atomic mass is 35.5. The zero-order chi connectivity index (χ0) is 21.6. The molecule has 0 aliphatic heterocycles. The lowest BCUT2D eigenvalue weighted by atomic mass is 9.87. The van der Waals surface area contributed by atoms with E-state index in [0.29, 0.717) is 5.54 Å². The summed E-state index contributed by atoms with van der Waals surface area (Å²) >= 11 is 0. The first kappa shape index (κ1) is 32.4. The fraction of sp³-hybridized carbons (Fsp3) is 1.00. The number of rotatable bonds is 23. The molecule has 0 bridgehead atoms. The highest BCUT2D eigenvalue weighted by molar-refractivity contribution is 4.73. The fourth-order valence-electron chi connectivity index (χ4n) is 4.63. The molecule has 0 amide bonds. The number of hydrogen-bond donors (Lipinski definition) is 1. The Morgan fingerprint density at radius 1 is 0.433 bits per heavy atom. The van der Waals surface area contributed by atoms with Gasteiger partial charge in [0, 0.05) is 12.8 Å². The molecule has 0 fully saturated rings. The van der Waals surface area contributed by atoms with Crippen molar-refractivity contribution in [1.82, 2.24) is 0 Å². The van der Waals surface area contributed by atoms with Gasteiger partial charge in [-0.25, -0.2) is 0 Å². The molecule has 0 aromatic rings. The van der Waals surface area contributed by atoms with Gasteiger partial charge in [0.15, 0.2) is 0 Å². The standard InChI is InChI=1S/C28H59N.ClH/c1-6-8-10-12-14-16-18-20-22-24-26-28(3,29(4)5)27-25-23-21-19-17-15-13-11-9-7-2;/h6-27H2,1-5H3;1H. The molecule has 1 nitrogen and oxygen atoms in total. The summed E-state index contributed by atoms with van der Waals surface area (Å²) in [4.78, 5) is 1.67. The van der Waals surface area contributed by atoms with Crippen LogP contribution in [0.4, 0.5) is 0 Å². The first-order valence-corrected chi connectivity index (χ1v) is 13.9. The van der Waals surface area contributed by atoms with Crippen LogP contribution in [0.25, 0.3) is 0 Å². The SMILES string of the molecule is CCCCCCCCCCCCC(C)(CCCCCCCCCCCC)[NH+](C)C.[Cl-]. The monoisotopic (exact) mass is 445 g/mol. The van der Waals surface area contributed by atoms with E-state index in [2.05, 4.69) is 34.9 Å². The number of nitrogens with one attached hydrogen (secondary N) is 1. The molecule has 1 N–H and O–H groups in total. The van der Waals surface area contributed by atoms with Crippen molar-refractivity contribution < 1.29 is 17.3 Å². The Kier molecular flexibility index (Phi) is 25.8. The Hall–Kier alpha value is 0.250. The van der Waals surface area contributed by atoms with Crippen LogP contribution in [0.15, 0.2) is 0 Å². The van der Waals surface area contributed by atoms with Crippen LogP contribution < -0.4 is 17.3 Å². The molecule has 0 aromatic carbocycles. The molecule has 0 aromatic heterocycles. The van der Waals surface area contributed by atoms with E-state index in [4.69, 9.17) is 0 Å². The maximum atomic E-state index is 2.55. The van der Waals surface area contributed by atoms with Crippen molar-refractivity contribution in [2.24, 2.45) is 0 Å². The van der Waals surface area contributed by atoms with E-state index < -0.39 is 0 Å². The van der Waals surface area contributed by atoms with E-state index in [1.807, 2.05) is 0 Å². The lowest BCUT2D eigenvalue weighted by Crippen LogP contribution is -3.14. The topological polar surface area (TPSA) is 4.44 Å². The Morgan fingerprint density at radius 3 is 0.900 bits per heavy atom. The van der Waals surface area contributed by atoms with Crippen LogP contribution in [0, 0.1) is 0 Å². The molecule has 0 saturated carbocycles. The number of hydrogen-bond acceptors (Lipinski definition) is 0. The van der Waals surface area contributed by atoms with Crippen LogP contribution in [0.2, 0.25) is 0 Å². The van der Waals surface area contributed by atoms with Crippen molar-refractivity contribution in [2.75, 3.05) is 14.1 Å².